The molecule has 0 aromatic heterocycles. The molecule has 0 saturated carbocycles. The van der Waals surface area contributed by atoms with Gasteiger partial charge in [-0.25, -0.2) is 8.42 Å². The zero-order valence-electron chi connectivity index (χ0n) is 18.2. The van der Waals surface area contributed by atoms with Gasteiger partial charge < -0.3 is 5.32 Å². The Morgan fingerprint density at radius 3 is 2.48 bits per heavy atom. The summed E-state index contributed by atoms with van der Waals surface area (Å²) in [6.07, 6.45) is 1.42. The monoisotopic (exact) mass is 465 g/mol. The number of carbonyl (C=O) groups excluding carboxylic acids is 1. The molecular weight excluding hydrogens is 442 g/mol. The van der Waals surface area contributed by atoms with E-state index in [1.807, 2.05) is 13.0 Å². The lowest BCUT2D eigenvalue weighted by molar-refractivity contribution is -0.385. The van der Waals surface area contributed by atoms with E-state index in [0.29, 0.717) is 24.3 Å². The Morgan fingerprint density at radius 2 is 1.79 bits per heavy atom. The number of aryl methyl sites for hydroxylation is 2. The number of anilines is 2. The van der Waals surface area contributed by atoms with E-state index in [1.54, 1.807) is 36.4 Å². The summed E-state index contributed by atoms with van der Waals surface area (Å²) in [5.74, 6) is -0.500. The molecule has 3 aromatic rings. The fraction of sp³-hybridized carbons (Fsp3) is 0.208. The van der Waals surface area contributed by atoms with E-state index in [-0.39, 0.29) is 21.7 Å². The normalized spacial score (nSPS) is 13.3. The van der Waals surface area contributed by atoms with E-state index in [0.717, 1.165) is 17.5 Å². The molecule has 170 valence electrons. The molecule has 33 heavy (non-hydrogen) atoms. The highest BCUT2D eigenvalue weighted by Gasteiger charge is 2.29. The molecule has 1 aliphatic rings. The molecule has 1 N–H and O–H groups in total. The minimum Gasteiger partial charge on any atom is -0.322 e. The van der Waals surface area contributed by atoms with E-state index < -0.39 is 20.9 Å². The van der Waals surface area contributed by atoms with Crippen LogP contribution in [0.3, 0.4) is 0 Å². The quantitative estimate of drug-likeness (QED) is 0.437. The van der Waals surface area contributed by atoms with Gasteiger partial charge in [-0.15, -0.1) is 0 Å². The molecule has 1 amide bonds. The van der Waals surface area contributed by atoms with Crippen LogP contribution in [0.1, 0.15) is 33.5 Å². The van der Waals surface area contributed by atoms with Gasteiger partial charge in [0.2, 0.25) is 0 Å². The van der Waals surface area contributed by atoms with Crippen molar-refractivity contribution >= 4 is 33.0 Å². The summed E-state index contributed by atoms with van der Waals surface area (Å²) < 4.78 is 28.1. The van der Waals surface area contributed by atoms with Crippen LogP contribution in [0.2, 0.25) is 0 Å². The van der Waals surface area contributed by atoms with Crippen molar-refractivity contribution in [2.45, 2.75) is 31.6 Å². The number of amides is 1. The molecule has 4 rings (SSSR count). The zero-order valence-corrected chi connectivity index (χ0v) is 19.1. The lowest BCUT2D eigenvalue weighted by Gasteiger charge is -2.31. The number of fused-ring (bicyclic) bond motifs is 1. The first-order chi connectivity index (χ1) is 15.7. The maximum atomic E-state index is 13.3. The van der Waals surface area contributed by atoms with Gasteiger partial charge >= 0.3 is 0 Å². The van der Waals surface area contributed by atoms with Crippen LogP contribution in [0.25, 0.3) is 0 Å². The minimum absolute atomic E-state index is 0.136. The molecule has 1 heterocycles. The highest BCUT2D eigenvalue weighted by atomic mass is 32.2. The smallest absolute Gasteiger partial charge is 0.273 e. The van der Waals surface area contributed by atoms with Crippen LogP contribution in [0.15, 0.2) is 65.6 Å². The highest BCUT2D eigenvalue weighted by molar-refractivity contribution is 7.92. The van der Waals surface area contributed by atoms with Crippen molar-refractivity contribution in [2.75, 3.05) is 16.2 Å². The van der Waals surface area contributed by atoms with Crippen LogP contribution >= 0.6 is 0 Å². The van der Waals surface area contributed by atoms with Crippen LogP contribution in [0.5, 0.6) is 0 Å². The largest absolute Gasteiger partial charge is 0.322 e. The van der Waals surface area contributed by atoms with Gasteiger partial charge in [0.25, 0.3) is 21.6 Å². The average Bonchev–Trinajstić information content (AvgIpc) is 2.78. The molecule has 8 nitrogen and oxygen atoms in total. The maximum absolute atomic E-state index is 13.3. The molecule has 9 heteroatoms. The van der Waals surface area contributed by atoms with Crippen molar-refractivity contribution in [3.8, 4) is 0 Å². The number of nitro groups is 1. The topological polar surface area (TPSA) is 110 Å². The third-order valence-electron chi connectivity index (χ3n) is 5.77. The first-order valence-corrected chi connectivity index (χ1v) is 11.9. The molecule has 0 atom stereocenters. The van der Waals surface area contributed by atoms with Gasteiger partial charge in [-0.2, -0.15) is 0 Å². The summed E-state index contributed by atoms with van der Waals surface area (Å²) in [5.41, 5.74) is 3.10. The summed E-state index contributed by atoms with van der Waals surface area (Å²) in [4.78, 5) is 23.7. The molecule has 0 unspecified atom stereocenters. The van der Waals surface area contributed by atoms with Gasteiger partial charge in [-0.05, 0) is 62.6 Å². The number of sulfonamides is 1. The van der Waals surface area contributed by atoms with Crippen LogP contribution in [-0.2, 0) is 16.4 Å². The average molecular weight is 466 g/mol. The van der Waals surface area contributed by atoms with E-state index in [2.05, 4.69) is 5.32 Å². The van der Waals surface area contributed by atoms with Gasteiger partial charge in [-0.1, -0.05) is 29.8 Å². The molecule has 0 aliphatic carbocycles. The molecule has 0 bridgehead atoms. The molecule has 0 spiro atoms. The van der Waals surface area contributed by atoms with Crippen molar-refractivity contribution < 1.29 is 18.1 Å². The summed E-state index contributed by atoms with van der Waals surface area (Å²) in [6, 6.07) is 16.2. The van der Waals surface area contributed by atoms with Crippen LogP contribution in [0, 0.1) is 24.0 Å². The Hall–Kier alpha value is -3.72. The summed E-state index contributed by atoms with van der Waals surface area (Å²) in [6.45, 7) is 3.75. The lowest BCUT2D eigenvalue weighted by atomic mass is 10.0. The number of carbonyl (C=O) groups is 1. The standard InChI is InChI=1S/C24H23N3O5S/c1-16-8-12-20(13-9-16)33(31,32)26-14-4-5-18-10-11-19(15-23(18)26)25-24(28)21-6-3-7-22(17(21)2)27(29)30/h3,6-13,15H,4-5,14H2,1-2H3,(H,25,28). The Bertz CT molecular complexity index is 1350. The Balaban J connectivity index is 1.67. The zero-order chi connectivity index (χ0) is 23.8. The van der Waals surface area contributed by atoms with Crippen molar-refractivity contribution in [1.82, 2.24) is 0 Å². The fourth-order valence-electron chi connectivity index (χ4n) is 3.97. The maximum Gasteiger partial charge on any atom is 0.273 e. The molecule has 3 aromatic carbocycles. The number of nitro benzene ring substituents is 1. The Morgan fingerprint density at radius 1 is 1.06 bits per heavy atom. The molecule has 1 aliphatic heterocycles. The second kappa shape index (κ2) is 8.67. The SMILES string of the molecule is Cc1ccc(S(=O)(=O)N2CCCc3ccc(NC(=O)c4cccc([N+](=O)[O-])c4C)cc32)cc1. The summed E-state index contributed by atoms with van der Waals surface area (Å²) in [5, 5.41) is 13.9. The van der Waals surface area contributed by atoms with Gasteiger partial charge in [0.1, 0.15) is 0 Å². The molecule has 0 radical (unpaired) electrons. The van der Waals surface area contributed by atoms with Crippen molar-refractivity contribution in [3.63, 3.8) is 0 Å². The highest BCUT2D eigenvalue weighted by Crippen LogP contribution is 2.34. The van der Waals surface area contributed by atoms with Gasteiger partial charge in [-0.3, -0.25) is 19.2 Å². The number of hydrogen-bond donors (Lipinski definition) is 1. The third kappa shape index (κ3) is 4.31. The van der Waals surface area contributed by atoms with E-state index >= 15 is 0 Å². The van der Waals surface area contributed by atoms with Gasteiger partial charge in [0.15, 0.2) is 0 Å². The molecular formula is C24H23N3O5S. The predicted molar refractivity (Wildman–Crippen MR) is 126 cm³/mol. The van der Waals surface area contributed by atoms with E-state index in [1.165, 1.54) is 29.4 Å². The fourth-order valence-corrected chi connectivity index (χ4v) is 5.50. The Kier molecular flexibility index (Phi) is 5.90. The number of hydrogen-bond acceptors (Lipinski definition) is 5. The number of rotatable bonds is 5. The van der Waals surface area contributed by atoms with Crippen molar-refractivity contribution in [2.24, 2.45) is 0 Å². The lowest BCUT2D eigenvalue weighted by Crippen LogP contribution is -2.35. The van der Waals surface area contributed by atoms with Crippen LogP contribution in [0.4, 0.5) is 17.1 Å². The van der Waals surface area contributed by atoms with Gasteiger partial charge in [0, 0.05) is 29.4 Å². The number of nitrogens with zero attached hydrogens (tertiary/aromatic N) is 2. The number of benzene rings is 3. The van der Waals surface area contributed by atoms with Gasteiger partial charge in [0.05, 0.1) is 15.5 Å². The molecule has 0 fully saturated rings. The summed E-state index contributed by atoms with van der Waals surface area (Å²) >= 11 is 0. The molecule has 0 saturated heterocycles. The second-order valence-corrected chi connectivity index (χ2v) is 9.86. The van der Waals surface area contributed by atoms with Crippen molar-refractivity contribution in [1.29, 1.82) is 0 Å². The summed E-state index contributed by atoms with van der Waals surface area (Å²) in [7, 11) is -3.77. The minimum atomic E-state index is -3.77. The van der Waals surface area contributed by atoms with Crippen LogP contribution in [-0.4, -0.2) is 25.8 Å². The van der Waals surface area contributed by atoms with E-state index in [9.17, 15) is 23.3 Å². The first-order valence-electron chi connectivity index (χ1n) is 10.5. The third-order valence-corrected chi connectivity index (χ3v) is 7.60. The second-order valence-electron chi connectivity index (χ2n) is 8.00. The first kappa shape index (κ1) is 22.5. The van der Waals surface area contributed by atoms with E-state index in [4.69, 9.17) is 0 Å². The number of nitrogens with one attached hydrogen (secondary N) is 1. The predicted octanol–water partition coefficient (Wildman–Crippen LogP) is 4.61. The van der Waals surface area contributed by atoms with Crippen LogP contribution < -0.4 is 9.62 Å². The Labute approximate surface area is 192 Å². The van der Waals surface area contributed by atoms with Crippen molar-refractivity contribution in [3.05, 3.63) is 93.0 Å².